The Hall–Kier alpha value is -2.95. The molecule has 0 unspecified atom stereocenters. The summed E-state index contributed by atoms with van der Waals surface area (Å²) in [6.07, 6.45) is 0. The van der Waals surface area contributed by atoms with Crippen LogP contribution in [0, 0.1) is 0 Å². The molecule has 0 saturated heterocycles. The Kier molecular flexibility index (Phi) is 7.99. The van der Waals surface area contributed by atoms with Gasteiger partial charge < -0.3 is 9.47 Å². The first-order valence-corrected chi connectivity index (χ1v) is 9.77. The van der Waals surface area contributed by atoms with Gasteiger partial charge in [-0.05, 0) is 16.7 Å². The minimum absolute atomic E-state index is 0.265. The minimum Gasteiger partial charge on any atom is -0.468 e. The van der Waals surface area contributed by atoms with Gasteiger partial charge in [0.25, 0.3) is 0 Å². The van der Waals surface area contributed by atoms with Gasteiger partial charge in [-0.25, -0.2) is 0 Å². The lowest BCUT2D eigenvalue weighted by Crippen LogP contribution is -2.44. The van der Waals surface area contributed by atoms with E-state index in [0.717, 1.165) is 16.7 Å². The first-order chi connectivity index (χ1) is 14.3. The van der Waals surface area contributed by atoms with Crippen molar-refractivity contribution in [3.63, 3.8) is 0 Å². The SMILES string of the molecule is COC(=O)[C@H](COCc1ccccc1)N(Cc1ccccc1)Cc1ccccc1. The quantitative estimate of drug-likeness (QED) is 0.480. The van der Waals surface area contributed by atoms with Gasteiger partial charge in [-0.2, -0.15) is 0 Å². The van der Waals surface area contributed by atoms with Crippen LogP contribution in [0.5, 0.6) is 0 Å². The number of hydrogen-bond acceptors (Lipinski definition) is 4. The van der Waals surface area contributed by atoms with Crippen LogP contribution in [-0.4, -0.2) is 30.6 Å². The van der Waals surface area contributed by atoms with Crippen LogP contribution in [-0.2, 0) is 34.0 Å². The molecule has 0 N–H and O–H groups in total. The number of nitrogens with zero attached hydrogens (tertiary/aromatic N) is 1. The third kappa shape index (κ3) is 6.56. The molecule has 0 aliphatic carbocycles. The van der Waals surface area contributed by atoms with Crippen LogP contribution in [0.1, 0.15) is 16.7 Å². The molecule has 4 heteroatoms. The molecule has 0 aliphatic heterocycles. The molecule has 0 aliphatic rings. The second kappa shape index (κ2) is 11.1. The highest BCUT2D eigenvalue weighted by Gasteiger charge is 2.27. The van der Waals surface area contributed by atoms with Crippen LogP contribution in [0.2, 0.25) is 0 Å². The Morgan fingerprint density at radius 1 is 0.759 bits per heavy atom. The summed E-state index contributed by atoms with van der Waals surface area (Å²) in [5, 5.41) is 0. The zero-order valence-corrected chi connectivity index (χ0v) is 16.7. The van der Waals surface area contributed by atoms with Gasteiger partial charge in [-0.15, -0.1) is 0 Å². The molecule has 3 aromatic rings. The number of carbonyl (C=O) groups is 1. The average molecular weight is 389 g/mol. The molecule has 3 aromatic carbocycles. The van der Waals surface area contributed by atoms with Crippen molar-refractivity contribution in [2.45, 2.75) is 25.7 Å². The third-order valence-electron chi connectivity index (χ3n) is 4.76. The van der Waals surface area contributed by atoms with Crippen molar-refractivity contribution in [2.75, 3.05) is 13.7 Å². The van der Waals surface area contributed by atoms with Crippen LogP contribution < -0.4 is 0 Å². The molecule has 0 amide bonds. The zero-order valence-electron chi connectivity index (χ0n) is 16.7. The monoisotopic (exact) mass is 389 g/mol. The van der Waals surface area contributed by atoms with E-state index in [4.69, 9.17) is 9.47 Å². The molecule has 0 bridgehead atoms. The van der Waals surface area contributed by atoms with Crippen LogP contribution in [0.4, 0.5) is 0 Å². The molecule has 0 heterocycles. The van der Waals surface area contributed by atoms with Crippen molar-refractivity contribution in [2.24, 2.45) is 0 Å². The second-order valence-corrected chi connectivity index (χ2v) is 6.92. The van der Waals surface area contributed by atoms with E-state index >= 15 is 0 Å². The molecule has 0 aromatic heterocycles. The summed E-state index contributed by atoms with van der Waals surface area (Å²) in [5.74, 6) is -0.287. The molecule has 3 rings (SSSR count). The molecule has 0 saturated carbocycles. The maximum atomic E-state index is 12.6. The van der Waals surface area contributed by atoms with Gasteiger partial charge in [0.2, 0.25) is 0 Å². The number of hydrogen-bond donors (Lipinski definition) is 0. The fraction of sp³-hybridized carbons (Fsp3) is 0.240. The second-order valence-electron chi connectivity index (χ2n) is 6.92. The van der Waals surface area contributed by atoms with E-state index < -0.39 is 6.04 Å². The van der Waals surface area contributed by atoms with Gasteiger partial charge >= 0.3 is 5.97 Å². The number of ether oxygens (including phenoxy) is 2. The lowest BCUT2D eigenvalue weighted by molar-refractivity contribution is -0.150. The van der Waals surface area contributed by atoms with Crippen molar-refractivity contribution < 1.29 is 14.3 Å². The largest absolute Gasteiger partial charge is 0.468 e. The Balaban J connectivity index is 1.76. The molecule has 29 heavy (non-hydrogen) atoms. The Labute approximate surface area is 172 Å². The molecule has 0 fully saturated rings. The van der Waals surface area contributed by atoms with Crippen molar-refractivity contribution in [3.8, 4) is 0 Å². The molecule has 0 radical (unpaired) electrons. The molecule has 4 nitrogen and oxygen atoms in total. The highest BCUT2D eigenvalue weighted by molar-refractivity contribution is 5.75. The zero-order chi connectivity index (χ0) is 20.3. The van der Waals surface area contributed by atoms with Gasteiger partial charge in [0.15, 0.2) is 0 Å². The fourth-order valence-corrected chi connectivity index (χ4v) is 3.23. The lowest BCUT2D eigenvalue weighted by Gasteiger charge is -2.30. The summed E-state index contributed by atoms with van der Waals surface area (Å²) in [7, 11) is 1.43. The third-order valence-corrected chi connectivity index (χ3v) is 4.76. The van der Waals surface area contributed by atoms with Gasteiger partial charge in [0, 0.05) is 13.1 Å². The topological polar surface area (TPSA) is 38.8 Å². The van der Waals surface area contributed by atoms with Gasteiger partial charge in [0.1, 0.15) is 6.04 Å². The molecular formula is C25H27NO3. The molecule has 0 spiro atoms. The van der Waals surface area contributed by atoms with Gasteiger partial charge in [-0.1, -0.05) is 91.0 Å². The van der Waals surface area contributed by atoms with E-state index in [2.05, 4.69) is 29.2 Å². The molecular weight excluding hydrogens is 362 g/mol. The van der Waals surface area contributed by atoms with Gasteiger partial charge in [-0.3, -0.25) is 9.69 Å². The Bertz CT molecular complexity index is 812. The predicted molar refractivity (Wildman–Crippen MR) is 114 cm³/mol. The Morgan fingerprint density at radius 2 is 1.21 bits per heavy atom. The van der Waals surface area contributed by atoms with Crippen LogP contribution in [0.3, 0.4) is 0 Å². The summed E-state index contributed by atoms with van der Waals surface area (Å²) < 4.78 is 11.0. The molecule has 150 valence electrons. The first-order valence-electron chi connectivity index (χ1n) is 9.77. The van der Waals surface area contributed by atoms with Crippen molar-refractivity contribution in [1.82, 2.24) is 4.90 Å². The lowest BCUT2D eigenvalue weighted by atomic mass is 10.1. The Morgan fingerprint density at radius 3 is 1.66 bits per heavy atom. The average Bonchev–Trinajstić information content (AvgIpc) is 2.78. The van der Waals surface area contributed by atoms with Gasteiger partial charge in [0.05, 0.1) is 20.3 Å². The maximum absolute atomic E-state index is 12.6. The predicted octanol–water partition coefficient (Wildman–Crippen LogP) is 4.45. The van der Waals surface area contributed by atoms with E-state index in [1.54, 1.807) is 0 Å². The summed E-state index contributed by atoms with van der Waals surface area (Å²) in [6, 6.07) is 29.7. The standard InChI is InChI=1S/C25H27NO3/c1-28-25(27)24(20-29-19-23-15-9-4-10-16-23)26(17-21-11-5-2-6-12-21)18-22-13-7-3-8-14-22/h2-16,24H,17-20H2,1H3/t24-/m0/s1. The number of carbonyl (C=O) groups excluding carboxylic acids is 1. The molecule has 1 atom stereocenters. The summed E-state index contributed by atoms with van der Waals surface area (Å²) in [5.41, 5.74) is 3.36. The highest BCUT2D eigenvalue weighted by Crippen LogP contribution is 2.16. The van der Waals surface area contributed by atoms with E-state index in [9.17, 15) is 4.79 Å². The first kappa shape index (κ1) is 20.8. The van der Waals surface area contributed by atoms with Crippen LogP contribution in [0.15, 0.2) is 91.0 Å². The summed E-state index contributed by atoms with van der Waals surface area (Å²) in [4.78, 5) is 14.7. The van der Waals surface area contributed by atoms with Crippen molar-refractivity contribution >= 4 is 5.97 Å². The highest BCUT2D eigenvalue weighted by atomic mass is 16.5. The number of methoxy groups -OCH3 is 1. The van der Waals surface area contributed by atoms with E-state index in [0.29, 0.717) is 19.7 Å². The number of rotatable bonds is 10. The maximum Gasteiger partial charge on any atom is 0.325 e. The smallest absolute Gasteiger partial charge is 0.325 e. The van der Waals surface area contributed by atoms with E-state index in [1.165, 1.54) is 7.11 Å². The van der Waals surface area contributed by atoms with E-state index in [1.807, 2.05) is 66.7 Å². The van der Waals surface area contributed by atoms with Crippen LogP contribution in [0.25, 0.3) is 0 Å². The van der Waals surface area contributed by atoms with Crippen LogP contribution >= 0.6 is 0 Å². The normalized spacial score (nSPS) is 11.9. The number of esters is 1. The summed E-state index contributed by atoms with van der Waals surface area (Å²) in [6.45, 7) is 1.98. The minimum atomic E-state index is -0.496. The van der Waals surface area contributed by atoms with Crippen molar-refractivity contribution in [1.29, 1.82) is 0 Å². The fourth-order valence-electron chi connectivity index (χ4n) is 3.23. The summed E-state index contributed by atoms with van der Waals surface area (Å²) >= 11 is 0. The van der Waals surface area contributed by atoms with Crippen molar-refractivity contribution in [3.05, 3.63) is 108 Å². The van der Waals surface area contributed by atoms with E-state index in [-0.39, 0.29) is 12.6 Å². The number of benzene rings is 3.